The van der Waals surface area contributed by atoms with Gasteiger partial charge in [0.15, 0.2) is 0 Å². The summed E-state index contributed by atoms with van der Waals surface area (Å²) in [7, 11) is -3.80. The van der Waals surface area contributed by atoms with E-state index in [1.54, 1.807) is 0 Å². The monoisotopic (exact) mass is 351 g/mol. The summed E-state index contributed by atoms with van der Waals surface area (Å²) < 4.78 is 90.0. The highest BCUT2D eigenvalue weighted by Gasteiger charge is 2.31. The predicted octanol–water partition coefficient (Wildman–Crippen LogP) is 4.02. The van der Waals surface area contributed by atoms with E-state index in [0.717, 1.165) is 24.5 Å². The molecule has 0 radical (unpaired) electrons. The first kappa shape index (κ1) is 17.2. The summed E-state index contributed by atoms with van der Waals surface area (Å²) in [5.41, 5.74) is -2.03. The van der Waals surface area contributed by atoms with E-state index in [-0.39, 0.29) is 16.8 Å². The molecule has 1 N–H and O–H groups in total. The van der Waals surface area contributed by atoms with Crippen molar-refractivity contribution < 1.29 is 30.4 Å². The van der Waals surface area contributed by atoms with E-state index < -0.39 is 33.4 Å². The van der Waals surface area contributed by atoms with E-state index in [9.17, 15) is 30.4 Å². The second kappa shape index (κ2) is 5.80. The average Bonchev–Trinajstić information content (AvgIpc) is 2.36. The van der Waals surface area contributed by atoms with Gasteiger partial charge in [-0.2, -0.15) is 13.2 Å². The van der Waals surface area contributed by atoms with Crippen molar-refractivity contribution in [1.82, 2.24) is 0 Å². The number of nitrogens with one attached hydrogen (secondary N) is 1. The van der Waals surface area contributed by atoms with Gasteiger partial charge in [-0.3, -0.25) is 4.72 Å². The van der Waals surface area contributed by atoms with Gasteiger partial charge in [0.2, 0.25) is 10.0 Å². The van der Waals surface area contributed by atoms with Gasteiger partial charge in [0.05, 0.1) is 17.5 Å². The molecular weight excluding hydrogens is 341 g/mol. The van der Waals surface area contributed by atoms with Crippen molar-refractivity contribution in [2.45, 2.75) is 6.18 Å². The molecule has 23 heavy (non-hydrogen) atoms. The number of hydrogen-bond donors (Lipinski definition) is 1. The molecule has 0 heterocycles. The minimum absolute atomic E-state index is 0.244. The van der Waals surface area contributed by atoms with Gasteiger partial charge in [-0.15, -0.1) is 0 Å². The molecule has 0 saturated carbocycles. The van der Waals surface area contributed by atoms with Crippen LogP contribution in [0.4, 0.5) is 27.6 Å². The highest BCUT2D eigenvalue weighted by Crippen LogP contribution is 2.37. The van der Waals surface area contributed by atoms with Crippen molar-refractivity contribution in [2.24, 2.45) is 0 Å². The Balaban J connectivity index is 2.70. The Morgan fingerprint density at radius 1 is 0.957 bits per heavy atom. The quantitative estimate of drug-likeness (QED) is 0.849. The van der Waals surface area contributed by atoms with Crippen LogP contribution >= 0.6 is 0 Å². The molecule has 2 aromatic rings. The molecule has 0 aromatic heterocycles. The van der Waals surface area contributed by atoms with Crippen LogP contribution in [0.5, 0.6) is 0 Å². The second-order valence-electron chi connectivity index (χ2n) is 4.76. The number of alkyl halides is 3. The smallest absolute Gasteiger partial charge is 0.283 e. The second-order valence-corrected chi connectivity index (χ2v) is 6.50. The standard InChI is InChI=1S/C14H10F5NO2S/c1-23(21,22)20-13-5-2-8(14(17,18)19)6-11(13)10-4-3-9(15)7-12(10)16/h2-7,20H,1H3. The van der Waals surface area contributed by atoms with Crippen molar-refractivity contribution in [3.8, 4) is 11.1 Å². The van der Waals surface area contributed by atoms with E-state index in [1.165, 1.54) is 0 Å². The molecule has 0 aliphatic carbocycles. The first-order valence-electron chi connectivity index (χ1n) is 6.12. The van der Waals surface area contributed by atoms with Crippen LogP contribution in [0.1, 0.15) is 5.56 Å². The van der Waals surface area contributed by atoms with E-state index in [2.05, 4.69) is 0 Å². The Morgan fingerprint density at radius 3 is 2.13 bits per heavy atom. The molecule has 0 fully saturated rings. The molecule has 124 valence electrons. The molecule has 3 nitrogen and oxygen atoms in total. The third-order valence-electron chi connectivity index (χ3n) is 2.86. The first-order valence-corrected chi connectivity index (χ1v) is 8.01. The molecule has 0 atom stereocenters. The van der Waals surface area contributed by atoms with Crippen LogP contribution in [0.2, 0.25) is 0 Å². The SMILES string of the molecule is CS(=O)(=O)Nc1ccc(C(F)(F)F)cc1-c1ccc(F)cc1F. The molecule has 0 saturated heterocycles. The Hall–Kier alpha value is -2.16. The van der Waals surface area contributed by atoms with Gasteiger partial charge in [0.1, 0.15) is 11.6 Å². The zero-order valence-corrected chi connectivity index (χ0v) is 12.4. The molecule has 0 aliphatic rings. The van der Waals surface area contributed by atoms with E-state index in [0.29, 0.717) is 18.2 Å². The van der Waals surface area contributed by atoms with Crippen LogP contribution in [0.25, 0.3) is 11.1 Å². The number of hydrogen-bond acceptors (Lipinski definition) is 2. The van der Waals surface area contributed by atoms with Crippen LogP contribution in [0.15, 0.2) is 36.4 Å². The van der Waals surface area contributed by atoms with Gasteiger partial charge < -0.3 is 0 Å². The summed E-state index contributed by atoms with van der Waals surface area (Å²) >= 11 is 0. The topological polar surface area (TPSA) is 46.2 Å². The van der Waals surface area contributed by atoms with Gasteiger partial charge in [-0.05, 0) is 30.3 Å². The van der Waals surface area contributed by atoms with Crippen molar-refractivity contribution in [3.05, 3.63) is 53.6 Å². The Kier molecular flexibility index (Phi) is 4.34. The molecule has 0 spiro atoms. The predicted molar refractivity (Wildman–Crippen MR) is 75.3 cm³/mol. The third kappa shape index (κ3) is 4.19. The van der Waals surface area contributed by atoms with Crippen molar-refractivity contribution >= 4 is 15.7 Å². The van der Waals surface area contributed by atoms with Gasteiger partial charge in [0.25, 0.3) is 0 Å². The Labute approximate surface area is 128 Å². The zero-order chi connectivity index (χ0) is 17.4. The molecule has 0 aliphatic heterocycles. The summed E-state index contributed by atoms with van der Waals surface area (Å²) in [5.74, 6) is -2.02. The Bertz CT molecular complexity index is 847. The Morgan fingerprint density at radius 2 is 1.61 bits per heavy atom. The first-order chi connectivity index (χ1) is 10.5. The van der Waals surface area contributed by atoms with Gasteiger partial charge in [-0.25, -0.2) is 17.2 Å². The molecule has 2 aromatic carbocycles. The van der Waals surface area contributed by atoms with Crippen LogP contribution < -0.4 is 4.72 Å². The fraction of sp³-hybridized carbons (Fsp3) is 0.143. The third-order valence-corrected chi connectivity index (χ3v) is 3.45. The van der Waals surface area contributed by atoms with Crippen LogP contribution in [0.3, 0.4) is 0 Å². The van der Waals surface area contributed by atoms with Crippen LogP contribution in [0, 0.1) is 11.6 Å². The number of benzene rings is 2. The highest BCUT2D eigenvalue weighted by molar-refractivity contribution is 7.92. The molecular formula is C14H10F5NO2S. The number of rotatable bonds is 3. The van der Waals surface area contributed by atoms with Gasteiger partial charge in [0, 0.05) is 17.2 Å². The van der Waals surface area contributed by atoms with Gasteiger partial charge in [-0.1, -0.05) is 0 Å². The van der Waals surface area contributed by atoms with Crippen molar-refractivity contribution in [2.75, 3.05) is 11.0 Å². The molecule has 0 amide bonds. The highest BCUT2D eigenvalue weighted by atomic mass is 32.2. The maximum Gasteiger partial charge on any atom is 0.416 e. The molecule has 0 bridgehead atoms. The number of sulfonamides is 1. The van der Waals surface area contributed by atoms with E-state index in [4.69, 9.17) is 0 Å². The number of halogens is 5. The lowest BCUT2D eigenvalue weighted by Gasteiger charge is -2.15. The average molecular weight is 351 g/mol. The van der Waals surface area contributed by atoms with Crippen molar-refractivity contribution in [3.63, 3.8) is 0 Å². The normalized spacial score (nSPS) is 12.3. The fourth-order valence-electron chi connectivity index (χ4n) is 1.94. The molecule has 0 unspecified atom stereocenters. The summed E-state index contributed by atoms with van der Waals surface area (Å²) in [5, 5.41) is 0. The fourth-order valence-corrected chi connectivity index (χ4v) is 2.52. The summed E-state index contributed by atoms with van der Waals surface area (Å²) in [4.78, 5) is 0. The number of anilines is 1. The summed E-state index contributed by atoms with van der Waals surface area (Å²) in [6.45, 7) is 0. The lowest BCUT2D eigenvalue weighted by molar-refractivity contribution is -0.137. The lowest BCUT2D eigenvalue weighted by Crippen LogP contribution is -2.12. The summed E-state index contributed by atoms with van der Waals surface area (Å²) in [6, 6.07) is 4.45. The van der Waals surface area contributed by atoms with Crippen molar-refractivity contribution in [1.29, 1.82) is 0 Å². The maximum atomic E-state index is 13.9. The minimum Gasteiger partial charge on any atom is -0.283 e. The summed E-state index contributed by atoms with van der Waals surface area (Å²) in [6.07, 6.45) is -3.90. The molecule has 2 rings (SSSR count). The largest absolute Gasteiger partial charge is 0.416 e. The van der Waals surface area contributed by atoms with E-state index >= 15 is 0 Å². The van der Waals surface area contributed by atoms with E-state index in [1.807, 2.05) is 4.72 Å². The zero-order valence-electron chi connectivity index (χ0n) is 11.6. The minimum atomic E-state index is -4.70. The maximum absolute atomic E-state index is 13.9. The van der Waals surface area contributed by atoms with Crippen LogP contribution in [-0.2, 0) is 16.2 Å². The van der Waals surface area contributed by atoms with Crippen LogP contribution in [-0.4, -0.2) is 14.7 Å². The lowest BCUT2D eigenvalue weighted by atomic mass is 10.0. The van der Waals surface area contributed by atoms with Gasteiger partial charge >= 0.3 is 6.18 Å². The molecule has 9 heteroatoms.